The van der Waals surface area contributed by atoms with Crippen molar-refractivity contribution in [2.24, 2.45) is 0 Å². The van der Waals surface area contributed by atoms with Crippen molar-refractivity contribution in [3.05, 3.63) is 210 Å². The van der Waals surface area contributed by atoms with Crippen LogP contribution < -0.4 is 4.90 Å². The number of fused-ring (bicyclic) bond motifs is 9. The minimum atomic E-state index is 0.244. The quantitative estimate of drug-likeness (QED) is 0.158. The van der Waals surface area contributed by atoms with Crippen LogP contribution in [-0.4, -0.2) is 0 Å². The Bertz CT molecular complexity index is 3010. The van der Waals surface area contributed by atoms with Crippen molar-refractivity contribution in [3.8, 4) is 11.1 Å². The normalized spacial score (nSPS) is 12.7. The van der Waals surface area contributed by atoms with Gasteiger partial charge in [-0.05, 0) is 106 Å². The minimum Gasteiger partial charge on any atom is -0.310 e. The van der Waals surface area contributed by atoms with Crippen molar-refractivity contribution < 1.29 is 0 Å². The standard InChI is InChI=1S/C51H35NS2/c1-3-11-33(12-4-1)27-45(36-20-19-35-28-34-13-7-8-16-41(34)46(35)29-36)37-21-24-44-47-31-39(23-26-49(47)54-50(44)30-37)52(38-14-5-2-6-15-38)40-22-25-43-42-17-9-10-18-48(42)53-51(43)32-40/h1-26,29-32,45H,27-28H2. The Morgan fingerprint density at radius 2 is 1.02 bits per heavy atom. The van der Waals surface area contributed by atoms with Crippen LogP contribution in [0.1, 0.15) is 33.7 Å². The van der Waals surface area contributed by atoms with Gasteiger partial charge in [0.25, 0.3) is 0 Å². The third-order valence-corrected chi connectivity index (χ3v) is 13.5. The molecule has 1 atom stereocenters. The van der Waals surface area contributed by atoms with Gasteiger partial charge >= 0.3 is 0 Å². The summed E-state index contributed by atoms with van der Waals surface area (Å²) in [6.45, 7) is 0. The Balaban J connectivity index is 1.02. The third kappa shape index (κ3) is 5.35. The fourth-order valence-electron chi connectivity index (χ4n) is 8.65. The Morgan fingerprint density at radius 1 is 0.407 bits per heavy atom. The first-order chi connectivity index (χ1) is 26.7. The van der Waals surface area contributed by atoms with Crippen molar-refractivity contribution in [1.82, 2.24) is 0 Å². The summed E-state index contributed by atoms with van der Waals surface area (Å²) < 4.78 is 5.28. The van der Waals surface area contributed by atoms with Crippen molar-refractivity contribution in [2.45, 2.75) is 18.8 Å². The van der Waals surface area contributed by atoms with Crippen molar-refractivity contribution in [2.75, 3.05) is 4.90 Å². The molecule has 1 aliphatic carbocycles. The molecule has 0 amide bonds. The Labute approximate surface area is 323 Å². The maximum atomic E-state index is 2.48. The number of hydrogen-bond donors (Lipinski definition) is 0. The van der Waals surface area contributed by atoms with Gasteiger partial charge in [0.05, 0.1) is 0 Å². The third-order valence-electron chi connectivity index (χ3n) is 11.3. The SMILES string of the molecule is c1ccc(CC(c2ccc3c(c2)-c2ccccc2C3)c2ccc3c(c2)sc2ccc(N(c4ccccc4)c4ccc5c(c4)sc4ccccc45)cc23)cc1. The summed E-state index contributed by atoms with van der Waals surface area (Å²) in [6, 6.07) is 67.8. The van der Waals surface area contributed by atoms with Gasteiger partial charge < -0.3 is 4.90 Å². The molecule has 0 N–H and O–H groups in total. The molecule has 0 bridgehead atoms. The fraction of sp³-hybridized carbons (Fsp3) is 0.0588. The number of nitrogens with zero attached hydrogens (tertiary/aromatic N) is 1. The molecule has 2 heterocycles. The molecule has 2 aromatic heterocycles. The first kappa shape index (κ1) is 31.5. The molecule has 3 heteroatoms. The summed E-state index contributed by atoms with van der Waals surface area (Å²) >= 11 is 3.77. The van der Waals surface area contributed by atoms with E-state index in [-0.39, 0.29) is 5.92 Å². The van der Waals surface area contributed by atoms with Gasteiger partial charge in [0.1, 0.15) is 0 Å². The zero-order valence-electron chi connectivity index (χ0n) is 29.6. The van der Waals surface area contributed by atoms with Crippen LogP contribution in [0.15, 0.2) is 182 Å². The summed E-state index contributed by atoms with van der Waals surface area (Å²) in [5.74, 6) is 0.244. The van der Waals surface area contributed by atoms with Crippen LogP contribution in [0.4, 0.5) is 17.1 Å². The highest BCUT2D eigenvalue weighted by Crippen LogP contribution is 2.45. The number of anilines is 3. The predicted octanol–water partition coefficient (Wildman–Crippen LogP) is 14.8. The topological polar surface area (TPSA) is 3.24 Å². The van der Waals surface area contributed by atoms with E-state index in [4.69, 9.17) is 0 Å². The van der Waals surface area contributed by atoms with E-state index in [1.807, 2.05) is 22.7 Å². The molecule has 0 aliphatic heterocycles. The highest BCUT2D eigenvalue weighted by Gasteiger charge is 2.23. The molecule has 11 rings (SSSR count). The molecule has 0 fully saturated rings. The average Bonchev–Trinajstić information content (AvgIpc) is 3.91. The molecular weight excluding hydrogens is 691 g/mol. The number of benzene rings is 8. The average molecular weight is 726 g/mol. The molecule has 8 aromatic carbocycles. The van der Waals surface area contributed by atoms with Crippen molar-refractivity contribution >= 4 is 80.1 Å². The number of thiophene rings is 2. The Kier molecular flexibility index (Phi) is 7.50. The van der Waals surface area contributed by atoms with Gasteiger partial charge in [-0.3, -0.25) is 0 Å². The Hall–Kier alpha value is -6.00. The summed E-state index contributed by atoms with van der Waals surface area (Å²) in [5.41, 5.74) is 13.2. The summed E-state index contributed by atoms with van der Waals surface area (Å²) in [7, 11) is 0. The maximum Gasteiger partial charge on any atom is 0.0476 e. The first-order valence-corrected chi connectivity index (χ1v) is 20.3. The van der Waals surface area contributed by atoms with Gasteiger partial charge in [-0.1, -0.05) is 127 Å². The largest absolute Gasteiger partial charge is 0.310 e. The Morgan fingerprint density at radius 3 is 1.91 bits per heavy atom. The molecule has 1 nitrogen and oxygen atoms in total. The van der Waals surface area contributed by atoms with Gasteiger partial charge in [-0.15, -0.1) is 22.7 Å². The lowest BCUT2D eigenvalue weighted by atomic mass is 9.84. The molecule has 0 spiro atoms. The van der Waals surface area contributed by atoms with Crippen LogP contribution in [0.2, 0.25) is 0 Å². The number of rotatable bonds is 7. The number of hydrogen-bond acceptors (Lipinski definition) is 3. The molecule has 0 saturated heterocycles. The number of para-hydroxylation sites is 1. The molecule has 1 unspecified atom stereocenters. The fourth-order valence-corrected chi connectivity index (χ4v) is 10.9. The summed E-state index contributed by atoms with van der Waals surface area (Å²) in [4.78, 5) is 2.41. The van der Waals surface area contributed by atoms with Crippen LogP contribution >= 0.6 is 22.7 Å². The van der Waals surface area contributed by atoms with Crippen LogP contribution in [0, 0.1) is 0 Å². The van der Waals surface area contributed by atoms with E-state index < -0.39 is 0 Å². The van der Waals surface area contributed by atoms with E-state index in [9.17, 15) is 0 Å². The zero-order valence-corrected chi connectivity index (χ0v) is 31.2. The molecule has 256 valence electrons. The van der Waals surface area contributed by atoms with E-state index in [2.05, 4.69) is 187 Å². The van der Waals surface area contributed by atoms with Gasteiger partial charge in [-0.25, -0.2) is 0 Å². The van der Waals surface area contributed by atoms with E-state index in [0.29, 0.717) is 0 Å². The zero-order chi connectivity index (χ0) is 35.6. The van der Waals surface area contributed by atoms with Crippen LogP contribution in [0.3, 0.4) is 0 Å². The van der Waals surface area contributed by atoms with Gasteiger partial charge in [0, 0.05) is 63.3 Å². The molecule has 54 heavy (non-hydrogen) atoms. The second-order valence-electron chi connectivity index (χ2n) is 14.5. The second-order valence-corrected chi connectivity index (χ2v) is 16.6. The molecule has 0 radical (unpaired) electrons. The van der Waals surface area contributed by atoms with Gasteiger partial charge in [0.15, 0.2) is 0 Å². The highest BCUT2D eigenvalue weighted by molar-refractivity contribution is 7.26. The molecule has 1 aliphatic rings. The maximum absolute atomic E-state index is 2.48. The highest BCUT2D eigenvalue weighted by atomic mass is 32.1. The van der Waals surface area contributed by atoms with Crippen molar-refractivity contribution in [3.63, 3.8) is 0 Å². The van der Waals surface area contributed by atoms with Crippen molar-refractivity contribution in [1.29, 1.82) is 0 Å². The van der Waals surface area contributed by atoms with Crippen LogP contribution in [0.25, 0.3) is 51.5 Å². The minimum absolute atomic E-state index is 0.244. The second kappa shape index (κ2) is 12.8. The summed E-state index contributed by atoms with van der Waals surface area (Å²) in [6.07, 6.45) is 1.98. The molecule has 10 aromatic rings. The van der Waals surface area contributed by atoms with Gasteiger partial charge in [0.2, 0.25) is 0 Å². The van der Waals surface area contributed by atoms with E-state index >= 15 is 0 Å². The van der Waals surface area contributed by atoms with Gasteiger partial charge in [-0.2, -0.15) is 0 Å². The first-order valence-electron chi connectivity index (χ1n) is 18.7. The predicted molar refractivity (Wildman–Crippen MR) is 234 cm³/mol. The van der Waals surface area contributed by atoms with E-state index in [0.717, 1.165) is 18.5 Å². The van der Waals surface area contributed by atoms with Crippen LogP contribution in [0.5, 0.6) is 0 Å². The summed E-state index contributed by atoms with van der Waals surface area (Å²) in [5, 5.41) is 5.26. The monoisotopic (exact) mass is 725 g/mol. The molecular formula is C51H35NS2. The van der Waals surface area contributed by atoms with E-state index in [1.54, 1.807) is 0 Å². The molecule has 0 saturated carbocycles. The van der Waals surface area contributed by atoms with E-state index in [1.165, 1.54) is 90.7 Å². The van der Waals surface area contributed by atoms with Crippen LogP contribution in [-0.2, 0) is 12.8 Å². The lowest BCUT2D eigenvalue weighted by Gasteiger charge is -2.25. The lowest BCUT2D eigenvalue weighted by Crippen LogP contribution is -2.09. The smallest absolute Gasteiger partial charge is 0.0476 e. The lowest BCUT2D eigenvalue weighted by molar-refractivity contribution is 0.806.